The van der Waals surface area contributed by atoms with Gasteiger partial charge in [0.25, 0.3) is 5.56 Å². The third-order valence-electron chi connectivity index (χ3n) is 5.73. The van der Waals surface area contributed by atoms with E-state index in [2.05, 4.69) is 0 Å². The van der Waals surface area contributed by atoms with E-state index in [-0.39, 0.29) is 22.3 Å². The lowest BCUT2D eigenvalue weighted by Crippen LogP contribution is -2.29. The maximum atomic E-state index is 14.5. The summed E-state index contributed by atoms with van der Waals surface area (Å²) in [5.41, 5.74) is 1.24. The molecule has 3 aromatic carbocycles. The highest BCUT2D eigenvalue weighted by Gasteiger charge is 2.37. The van der Waals surface area contributed by atoms with Crippen molar-refractivity contribution in [3.63, 3.8) is 0 Å². The fraction of sp³-hybridized carbons (Fsp3) is 0.0741. The summed E-state index contributed by atoms with van der Waals surface area (Å²) in [5, 5.41) is 9.42. The molecule has 0 radical (unpaired) electrons. The van der Waals surface area contributed by atoms with E-state index in [9.17, 15) is 36.8 Å². The molecule has 0 aliphatic carbocycles. The maximum Gasteiger partial charge on any atom is 0.417 e. The summed E-state index contributed by atoms with van der Waals surface area (Å²) in [5.74, 6) is -2.94. The van der Waals surface area contributed by atoms with E-state index in [0.717, 1.165) is 16.7 Å². The van der Waals surface area contributed by atoms with Crippen molar-refractivity contribution in [3.05, 3.63) is 117 Å². The van der Waals surface area contributed by atoms with Gasteiger partial charge in [-0.2, -0.15) is 18.4 Å². The summed E-state index contributed by atoms with van der Waals surface area (Å²) in [6.07, 6.45) is -5.10. The van der Waals surface area contributed by atoms with Crippen molar-refractivity contribution in [1.29, 1.82) is 5.26 Å². The molecule has 0 aliphatic heterocycles. The molecule has 0 unspecified atom stereocenters. The minimum Gasteiger partial charge on any atom is -0.366 e. The lowest BCUT2D eigenvalue weighted by Gasteiger charge is -2.21. The van der Waals surface area contributed by atoms with Gasteiger partial charge in [0.05, 0.1) is 17.8 Å². The highest BCUT2D eigenvalue weighted by molar-refractivity contribution is 6.03. The predicted octanol–water partition coefficient (Wildman–Crippen LogP) is 5.50. The van der Waals surface area contributed by atoms with Crippen LogP contribution in [0.2, 0.25) is 0 Å². The third kappa shape index (κ3) is 4.84. The number of aromatic nitrogens is 1. The second-order valence-electron chi connectivity index (χ2n) is 8.01. The molecule has 0 atom stereocenters. The number of halogens is 5. The number of pyridine rings is 1. The molecule has 0 saturated carbocycles. The Labute approximate surface area is 206 Å². The SMILES string of the molecule is N#Cc1c(C(F)(F)F)cc(-c2c(C(N)=O)cccc2-c2ccccc2)n(Cc2ccc(F)cc2F)c1=O. The van der Waals surface area contributed by atoms with E-state index >= 15 is 0 Å². The van der Waals surface area contributed by atoms with E-state index in [0.29, 0.717) is 17.7 Å². The van der Waals surface area contributed by atoms with Crippen molar-refractivity contribution in [2.45, 2.75) is 12.7 Å². The summed E-state index contributed by atoms with van der Waals surface area (Å²) in [6, 6.07) is 16.9. The standard InChI is InChI=1S/C27H16F5N3O2/c28-17-10-9-16(22(29)11-17)14-35-23(12-21(27(30,31)32)20(13-33)26(35)37)24-18(15-5-2-1-3-6-15)7-4-8-19(24)25(34)36/h1-12H,14H2,(H2,34,36). The number of hydrogen-bond acceptors (Lipinski definition) is 3. The molecule has 2 N–H and O–H groups in total. The minimum atomic E-state index is -5.10. The van der Waals surface area contributed by atoms with Gasteiger partial charge in [-0.15, -0.1) is 0 Å². The molecule has 0 fully saturated rings. The predicted molar refractivity (Wildman–Crippen MR) is 125 cm³/mol. The van der Waals surface area contributed by atoms with E-state index < -0.39 is 52.6 Å². The van der Waals surface area contributed by atoms with Crippen LogP contribution in [0, 0.1) is 23.0 Å². The molecule has 4 rings (SSSR count). The highest BCUT2D eigenvalue weighted by Crippen LogP contribution is 2.39. The van der Waals surface area contributed by atoms with E-state index in [1.807, 2.05) is 0 Å². The van der Waals surface area contributed by atoms with Crippen molar-refractivity contribution in [1.82, 2.24) is 4.57 Å². The van der Waals surface area contributed by atoms with Crippen LogP contribution in [0.15, 0.2) is 77.6 Å². The number of benzene rings is 3. The van der Waals surface area contributed by atoms with Gasteiger partial charge in [0.15, 0.2) is 0 Å². The van der Waals surface area contributed by atoms with E-state index in [1.165, 1.54) is 24.3 Å². The van der Waals surface area contributed by atoms with Crippen LogP contribution in [-0.2, 0) is 12.7 Å². The minimum absolute atomic E-state index is 0.115. The zero-order valence-corrected chi connectivity index (χ0v) is 18.8. The summed E-state index contributed by atoms with van der Waals surface area (Å²) in [4.78, 5) is 25.7. The highest BCUT2D eigenvalue weighted by atomic mass is 19.4. The Morgan fingerprint density at radius 3 is 2.27 bits per heavy atom. The summed E-state index contributed by atoms with van der Waals surface area (Å²) in [7, 11) is 0. The number of hydrogen-bond donors (Lipinski definition) is 1. The quantitative estimate of drug-likeness (QED) is 0.361. The third-order valence-corrected chi connectivity index (χ3v) is 5.73. The second-order valence-corrected chi connectivity index (χ2v) is 8.01. The molecular formula is C27H16F5N3O2. The number of alkyl halides is 3. The van der Waals surface area contributed by atoms with Crippen molar-refractivity contribution in [2.24, 2.45) is 5.73 Å². The van der Waals surface area contributed by atoms with Crippen LogP contribution >= 0.6 is 0 Å². The van der Waals surface area contributed by atoms with E-state index in [4.69, 9.17) is 5.73 Å². The van der Waals surface area contributed by atoms with Gasteiger partial charge in [-0.1, -0.05) is 48.5 Å². The van der Waals surface area contributed by atoms with Gasteiger partial charge in [-0.3, -0.25) is 9.59 Å². The first-order chi connectivity index (χ1) is 17.5. The van der Waals surface area contributed by atoms with E-state index in [1.54, 1.807) is 30.3 Å². The summed E-state index contributed by atoms with van der Waals surface area (Å²) in [6.45, 7) is -0.658. The number of amides is 1. The number of primary amides is 1. The Morgan fingerprint density at radius 2 is 1.68 bits per heavy atom. The largest absolute Gasteiger partial charge is 0.417 e. The molecule has 186 valence electrons. The Hall–Kier alpha value is -4.78. The number of carbonyl (C=O) groups is 1. The molecule has 4 aromatic rings. The Morgan fingerprint density at radius 1 is 0.973 bits per heavy atom. The number of nitrogens with zero attached hydrogens (tertiary/aromatic N) is 2. The molecule has 1 aromatic heterocycles. The Bertz CT molecular complexity index is 1620. The van der Waals surface area contributed by atoms with Gasteiger partial charge in [0.1, 0.15) is 23.3 Å². The fourth-order valence-electron chi connectivity index (χ4n) is 4.05. The Balaban J connectivity index is 2.16. The first-order valence-electron chi connectivity index (χ1n) is 10.7. The van der Waals surface area contributed by atoms with Crippen LogP contribution < -0.4 is 11.3 Å². The van der Waals surface area contributed by atoms with Gasteiger partial charge < -0.3 is 10.3 Å². The normalized spacial score (nSPS) is 11.2. The van der Waals surface area contributed by atoms with Gasteiger partial charge in [-0.25, -0.2) is 8.78 Å². The van der Waals surface area contributed by atoms with Crippen molar-refractivity contribution >= 4 is 5.91 Å². The number of rotatable bonds is 5. The fourth-order valence-corrected chi connectivity index (χ4v) is 4.05. The first-order valence-corrected chi connectivity index (χ1v) is 10.7. The molecule has 0 aliphatic rings. The van der Waals surface area contributed by atoms with Crippen LogP contribution in [0.1, 0.15) is 27.0 Å². The monoisotopic (exact) mass is 509 g/mol. The van der Waals surface area contributed by atoms with Crippen LogP contribution in [0.5, 0.6) is 0 Å². The smallest absolute Gasteiger partial charge is 0.366 e. The second kappa shape index (κ2) is 9.70. The topological polar surface area (TPSA) is 88.9 Å². The summed E-state index contributed by atoms with van der Waals surface area (Å²) >= 11 is 0. The molecule has 0 spiro atoms. The van der Waals surface area contributed by atoms with Gasteiger partial charge in [0.2, 0.25) is 5.91 Å². The lowest BCUT2D eigenvalue weighted by atomic mass is 9.91. The molecular weight excluding hydrogens is 493 g/mol. The van der Waals surface area contributed by atoms with Crippen molar-refractivity contribution < 1.29 is 26.7 Å². The molecule has 1 amide bonds. The number of nitriles is 1. The summed E-state index contributed by atoms with van der Waals surface area (Å²) < 4.78 is 70.7. The van der Waals surface area contributed by atoms with Gasteiger partial charge >= 0.3 is 6.18 Å². The van der Waals surface area contributed by atoms with Crippen LogP contribution in [0.4, 0.5) is 22.0 Å². The average molecular weight is 509 g/mol. The zero-order chi connectivity index (χ0) is 26.9. The van der Waals surface area contributed by atoms with Crippen LogP contribution in [0.3, 0.4) is 0 Å². The maximum absolute atomic E-state index is 14.5. The Kier molecular flexibility index (Phi) is 6.64. The molecule has 5 nitrogen and oxygen atoms in total. The molecule has 37 heavy (non-hydrogen) atoms. The number of carbonyl (C=O) groups excluding carboxylic acids is 1. The van der Waals surface area contributed by atoms with Crippen molar-refractivity contribution in [3.8, 4) is 28.5 Å². The number of nitrogens with two attached hydrogens (primary N) is 1. The first kappa shape index (κ1) is 25.3. The van der Waals surface area contributed by atoms with Crippen molar-refractivity contribution in [2.75, 3.05) is 0 Å². The zero-order valence-electron chi connectivity index (χ0n) is 18.8. The molecule has 10 heteroatoms. The molecule has 0 bridgehead atoms. The average Bonchev–Trinajstić information content (AvgIpc) is 2.85. The molecule has 1 heterocycles. The van der Waals surface area contributed by atoms with Gasteiger partial charge in [-0.05, 0) is 29.3 Å². The lowest BCUT2D eigenvalue weighted by molar-refractivity contribution is -0.137. The van der Waals surface area contributed by atoms with Crippen LogP contribution in [0.25, 0.3) is 22.4 Å². The van der Waals surface area contributed by atoms with Gasteiger partial charge in [0, 0.05) is 22.8 Å². The molecule has 0 saturated heterocycles. The van der Waals surface area contributed by atoms with Crippen LogP contribution in [-0.4, -0.2) is 10.5 Å².